The van der Waals surface area contributed by atoms with Crippen LogP contribution in [0.3, 0.4) is 0 Å². The topological polar surface area (TPSA) is 58.6 Å². The van der Waals surface area contributed by atoms with E-state index in [-0.39, 0.29) is 24.0 Å². The normalized spacial score (nSPS) is 12.4. The predicted molar refractivity (Wildman–Crippen MR) is 130 cm³/mol. The van der Waals surface area contributed by atoms with E-state index >= 15 is 0 Å². The molecule has 0 aliphatic heterocycles. The number of nitrogens with one attached hydrogen (secondary N) is 1. The lowest BCUT2D eigenvalue weighted by Gasteiger charge is -2.33. The average molecular weight is 439 g/mol. The van der Waals surface area contributed by atoms with Crippen molar-refractivity contribution in [2.45, 2.75) is 78.9 Å². The molecule has 5 heteroatoms. The van der Waals surface area contributed by atoms with Gasteiger partial charge in [-0.05, 0) is 68.9 Å². The van der Waals surface area contributed by atoms with Gasteiger partial charge in [0.2, 0.25) is 5.91 Å². The Morgan fingerprint density at radius 3 is 2.19 bits per heavy atom. The van der Waals surface area contributed by atoms with Crippen LogP contribution >= 0.6 is 0 Å². The quantitative estimate of drug-likeness (QED) is 0.584. The van der Waals surface area contributed by atoms with Crippen molar-refractivity contribution in [1.29, 1.82) is 0 Å². The van der Waals surface area contributed by atoms with E-state index in [4.69, 9.17) is 4.74 Å². The molecule has 2 aromatic carbocycles. The Morgan fingerprint density at radius 2 is 1.66 bits per heavy atom. The van der Waals surface area contributed by atoms with Crippen LogP contribution in [-0.2, 0) is 16.1 Å². The number of aryl methyl sites for hydroxylation is 1. The van der Waals surface area contributed by atoms with E-state index in [1.54, 1.807) is 4.90 Å². The fourth-order valence-electron chi connectivity index (χ4n) is 3.52. The second-order valence-electron chi connectivity index (χ2n) is 9.62. The molecular formula is C27H38N2O3. The summed E-state index contributed by atoms with van der Waals surface area (Å²) in [6, 6.07) is 15.2. The number of rotatable bonds is 9. The van der Waals surface area contributed by atoms with Crippen LogP contribution in [0.5, 0.6) is 5.75 Å². The zero-order chi connectivity index (χ0) is 23.9. The Bertz CT molecular complexity index is 898. The summed E-state index contributed by atoms with van der Waals surface area (Å²) in [5.41, 5.74) is 2.94. The maximum Gasteiger partial charge on any atom is 0.261 e. The van der Waals surface area contributed by atoms with Gasteiger partial charge in [-0.2, -0.15) is 0 Å². The summed E-state index contributed by atoms with van der Waals surface area (Å²) in [6.07, 6.45) is 0.516. The third kappa shape index (κ3) is 7.40. The highest BCUT2D eigenvalue weighted by Gasteiger charge is 2.31. The summed E-state index contributed by atoms with van der Waals surface area (Å²) in [5.74, 6) is 0.716. The summed E-state index contributed by atoms with van der Waals surface area (Å²) in [7, 11) is 0. The second kappa shape index (κ2) is 11.2. The third-order valence-corrected chi connectivity index (χ3v) is 5.40. The molecule has 0 saturated carbocycles. The molecule has 2 amide bonds. The van der Waals surface area contributed by atoms with Gasteiger partial charge in [-0.25, -0.2) is 0 Å². The van der Waals surface area contributed by atoms with Gasteiger partial charge in [0.1, 0.15) is 11.8 Å². The van der Waals surface area contributed by atoms with Crippen LogP contribution < -0.4 is 10.1 Å². The molecule has 0 bridgehead atoms. The Kier molecular flexibility index (Phi) is 8.88. The first-order valence-electron chi connectivity index (χ1n) is 11.4. The molecule has 2 rings (SSSR count). The van der Waals surface area contributed by atoms with Crippen molar-refractivity contribution in [1.82, 2.24) is 10.2 Å². The number of carbonyl (C=O) groups is 2. The van der Waals surface area contributed by atoms with Crippen LogP contribution in [0.25, 0.3) is 0 Å². The van der Waals surface area contributed by atoms with Crippen molar-refractivity contribution < 1.29 is 14.3 Å². The number of ether oxygens (including phenoxy) is 1. The smallest absolute Gasteiger partial charge is 0.261 e. The van der Waals surface area contributed by atoms with E-state index in [1.165, 1.54) is 5.56 Å². The molecule has 1 atom stereocenters. The van der Waals surface area contributed by atoms with Crippen molar-refractivity contribution in [2.24, 2.45) is 0 Å². The molecule has 0 aliphatic rings. The number of hydrogen-bond acceptors (Lipinski definition) is 3. The molecule has 0 aromatic heterocycles. The SMILES string of the molecule is CC[C@@H](C(=O)NC(C)(C)C)N(Cc1ccccc1C)C(=O)COc1ccc(C(C)C)cc1. The molecule has 2 aromatic rings. The van der Waals surface area contributed by atoms with Crippen LogP contribution in [0, 0.1) is 6.92 Å². The maximum atomic E-state index is 13.3. The lowest BCUT2D eigenvalue weighted by atomic mass is 10.0. The van der Waals surface area contributed by atoms with Crippen LogP contribution in [0.1, 0.15) is 70.6 Å². The predicted octanol–water partition coefficient (Wildman–Crippen LogP) is 5.22. The Labute approximate surface area is 193 Å². The van der Waals surface area contributed by atoms with Crippen molar-refractivity contribution in [3.63, 3.8) is 0 Å². The van der Waals surface area contributed by atoms with Crippen molar-refractivity contribution in [3.05, 3.63) is 65.2 Å². The van der Waals surface area contributed by atoms with Gasteiger partial charge in [0, 0.05) is 12.1 Å². The Morgan fingerprint density at radius 1 is 1.03 bits per heavy atom. The van der Waals surface area contributed by atoms with E-state index in [9.17, 15) is 9.59 Å². The zero-order valence-corrected chi connectivity index (χ0v) is 20.6. The van der Waals surface area contributed by atoms with Gasteiger partial charge in [0.05, 0.1) is 0 Å². The average Bonchev–Trinajstić information content (AvgIpc) is 2.72. The molecule has 174 valence electrons. The number of benzene rings is 2. The summed E-state index contributed by atoms with van der Waals surface area (Å²) >= 11 is 0. The van der Waals surface area contributed by atoms with Crippen molar-refractivity contribution in [2.75, 3.05) is 6.61 Å². The standard InChI is InChI=1S/C27H38N2O3/c1-8-24(26(31)28-27(5,6)7)29(17-22-12-10-9-11-20(22)4)25(30)18-32-23-15-13-21(14-16-23)19(2)3/h9-16,19,24H,8,17-18H2,1-7H3,(H,28,31)/t24-/m0/s1. The molecule has 0 spiro atoms. The molecule has 0 saturated heterocycles. The molecular weight excluding hydrogens is 400 g/mol. The molecule has 0 heterocycles. The summed E-state index contributed by atoms with van der Waals surface area (Å²) < 4.78 is 5.80. The minimum absolute atomic E-state index is 0.119. The highest BCUT2D eigenvalue weighted by Crippen LogP contribution is 2.20. The van der Waals surface area contributed by atoms with Gasteiger partial charge in [0.15, 0.2) is 6.61 Å². The number of carbonyl (C=O) groups excluding carboxylic acids is 2. The van der Waals surface area contributed by atoms with Gasteiger partial charge in [-0.15, -0.1) is 0 Å². The number of amides is 2. The third-order valence-electron chi connectivity index (χ3n) is 5.40. The summed E-state index contributed by atoms with van der Waals surface area (Å²) in [5, 5.41) is 3.02. The van der Waals surface area contributed by atoms with Crippen LogP contribution in [-0.4, -0.2) is 34.9 Å². The van der Waals surface area contributed by atoms with E-state index in [0.717, 1.165) is 11.1 Å². The molecule has 32 heavy (non-hydrogen) atoms. The van der Waals surface area contributed by atoms with Gasteiger partial charge in [0.25, 0.3) is 5.91 Å². The van der Waals surface area contributed by atoms with Gasteiger partial charge in [-0.3, -0.25) is 9.59 Å². The second-order valence-corrected chi connectivity index (χ2v) is 9.62. The largest absolute Gasteiger partial charge is 0.484 e. The van der Waals surface area contributed by atoms with Crippen molar-refractivity contribution in [3.8, 4) is 5.75 Å². The first-order chi connectivity index (χ1) is 15.0. The minimum Gasteiger partial charge on any atom is -0.484 e. The van der Waals surface area contributed by atoms with E-state index in [1.807, 2.05) is 83.1 Å². The fourth-order valence-corrected chi connectivity index (χ4v) is 3.52. The lowest BCUT2D eigenvalue weighted by Crippen LogP contribution is -2.54. The number of hydrogen-bond donors (Lipinski definition) is 1. The highest BCUT2D eigenvalue weighted by atomic mass is 16.5. The molecule has 0 unspecified atom stereocenters. The summed E-state index contributed by atoms with van der Waals surface area (Å²) in [6.45, 7) is 14.3. The highest BCUT2D eigenvalue weighted by molar-refractivity contribution is 5.88. The Balaban J connectivity index is 2.22. The first kappa shape index (κ1) is 25.4. The lowest BCUT2D eigenvalue weighted by molar-refractivity contribution is -0.143. The van der Waals surface area contributed by atoms with Gasteiger partial charge in [-0.1, -0.05) is 57.2 Å². The monoisotopic (exact) mass is 438 g/mol. The van der Waals surface area contributed by atoms with Gasteiger partial charge >= 0.3 is 0 Å². The van der Waals surface area contributed by atoms with E-state index in [2.05, 4.69) is 19.2 Å². The summed E-state index contributed by atoms with van der Waals surface area (Å²) in [4.78, 5) is 28.0. The van der Waals surface area contributed by atoms with Crippen LogP contribution in [0.4, 0.5) is 0 Å². The molecule has 0 radical (unpaired) electrons. The first-order valence-corrected chi connectivity index (χ1v) is 11.4. The minimum atomic E-state index is -0.576. The molecule has 5 nitrogen and oxygen atoms in total. The van der Waals surface area contributed by atoms with Crippen molar-refractivity contribution >= 4 is 11.8 Å². The number of nitrogens with zero attached hydrogens (tertiary/aromatic N) is 1. The van der Waals surface area contributed by atoms with Crippen LogP contribution in [0.15, 0.2) is 48.5 Å². The molecule has 1 N–H and O–H groups in total. The Hall–Kier alpha value is -2.82. The molecule has 0 aliphatic carbocycles. The van der Waals surface area contributed by atoms with E-state index < -0.39 is 6.04 Å². The fraction of sp³-hybridized carbons (Fsp3) is 0.481. The maximum absolute atomic E-state index is 13.3. The zero-order valence-electron chi connectivity index (χ0n) is 20.6. The van der Waals surface area contributed by atoms with Gasteiger partial charge < -0.3 is 15.0 Å². The van der Waals surface area contributed by atoms with Crippen LogP contribution in [0.2, 0.25) is 0 Å². The van der Waals surface area contributed by atoms with E-state index in [0.29, 0.717) is 24.6 Å². The molecule has 0 fully saturated rings.